The van der Waals surface area contributed by atoms with Crippen LogP contribution in [0.1, 0.15) is 12.8 Å². The summed E-state index contributed by atoms with van der Waals surface area (Å²) in [5.74, 6) is 1.08. The second kappa shape index (κ2) is 8.02. The first-order valence-corrected chi connectivity index (χ1v) is 10.8. The van der Waals surface area contributed by atoms with Gasteiger partial charge in [0.1, 0.15) is 16.7 Å². The fourth-order valence-corrected chi connectivity index (χ4v) is 5.66. The molecule has 2 atom stereocenters. The zero-order valence-electron chi connectivity index (χ0n) is 15.8. The molecule has 1 aromatic heterocycles. The number of methoxy groups -OCH3 is 1. The Labute approximate surface area is 165 Å². The van der Waals surface area contributed by atoms with E-state index in [2.05, 4.69) is 14.9 Å². The molecule has 28 heavy (non-hydrogen) atoms. The molecule has 0 N–H and O–H groups in total. The summed E-state index contributed by atoms with van der Waals surface area (Å²) in [4.78, 5) is 11.0. The minimum absolute atomic E-state index is 0.224. The number of rotatable bonds is 4. The number of aromatic nitrogens is 2. The number of benzene rings is 1. The summed E-state index contributed by atoms with van der Waals surface area (Å²) in [6.45, 7) is 1.98. The third-order valence-electron chi connectivity index (χ3n) is 5.24. The molecule has 3 heterocycles. The fourth-order valence-electron chi connectivity index (χ4n) is 3.88. The molecular formula is C19H24N4O4S. The Bertz CT molecular complexity index is 909. The van der Waals surface area contributed by atoms with Gasteiger partial charge in [-0.1, -0.05) is 12.1 Å². The maximum absolute atomic E-state index is 13.4. The summed E-state index contributed by atoms with van der Waals surface area (Å²) in [6.07, 6.45) is 4.49. The summed E-state index contributed by atoms with van der Waals surface area (Å²) in [5.41, 5.74) is 0. The zero-order chi connectivity index (χ0) is 19.6. The van der Waals surface area contributed by atoms with Gasteiger partial charge in [0.25, 0.3) is 0 Å². The van der Waals surface area contributed by atoms with Crippen molar-refractivity contribution in [2.24, 2.45) is 0 Å². The SMILES string of the molecule is COCCN1[C@@H]2CCN(c3ncccn3)CC[C@@H]2Oc2ccccc2S1(=O)=O. The summed E-state index contributed by atoms with van der Waals surface area (Å²) >= 11 is 0. The lowest BCUT2D eigenvalue weighted by Crippen LogP contribution is -2.48. The van der Waals surface area contributed by atoms with E-state index in [0.29, 0.717) is 50.8 Å². The van der Waals surface area contributed by atoms with E-state index < -0.39 is 10.0 Å². The third kappa shape index (κ3) is 3.57. The molecule has 9 heteroatoms. The lowest BCUT2D eigenvalue weighted by atomic mass is 10.1. The van der Waals surface area contributed by atoms with Gasteiger partial charge in [-0.15, -0.1) is 0 Å². The molecule has 2 aliphatic heterocycles. The summed E-state index contributed by atoms with van der Waals surface area (Å²) in [7, 11) is -2.10. The van der Waals surface area contributed by atoms with Gasteiger partial charge in [-0.2, -0.15) is 4.31 Å². The molecule has 4 rings (SSSR count). The van der Waals surface area contributed by atoms with Crippen molar-refractivity contribution in [3.8, 4) is 5.75 Å². The molecule has 2 aromatic rings. The van der Waals surface area contributed by atoms with Gasteiger partial charge in [0.15, 0.2) is 0 Å². The van der Waals surface area contributed by atoms with Gasteiger partial charge in [0.05, 0.1) is 12.6 Å². The average Bonchev–Trinajstić information content (AvgIpc) is 2.96. The molecular weight excluding hydrogens is 380 g/mol. The van der Waals surface area contributed by atoms with Crippen molar-refractivity contribution >= 4 is 16.0 Å². The van der Waals surface area contributed by atoms with Crippen LogP contribution in [-0.2, 0) is 14.8 Å². The van der Waals surface area contributed by atoms with Crippen LogP contribution >= 0.6 is 0 Å². The zero-order valence-corrected chi connectivity index (χ0v) is 16.6. The highest BCUT2D eigenvalue weighted by Crippen LogP contribution is 2.36. The molecule has 150 valence electrons. The van der Waals surface area contributed by atoms with Crippen LogP contribution in [0.25, 0.3) is 0 Å². The maximum atomic E-state index is 13.4. The van der Waals surface area contributed by atoms with E-state index in [0.717, 1.165) is 0 Å². The molecule has 1 aromatic carbocycles. The van der Waals surface area contributed by atoms with E-state index in [-0.39, 0.29) is 17.0 Å². The average molecular weight is 404 g/mol. The van der Waals surface area contributed by atoms with E-state index in [1.807, 2.05) is 0 Å². The first-order chi connectivity index (χ1) is 13.6. The van der Waals surface area contributed by atoms with Crippen molar-refractivity contribution in [2.75, 3.05) is 38.3 Å². The Morgan fingerprint density at radius 3 is 2.68 bits per heavy atom. The quantitative estimate of drug-likeness (QED) is 0.764. The fraction of sp³-hybridized carbons (Fsp3) is 0.474. The van der Waals surface area contributed by atoms with Crippen molar-refractivity contribution in [3.63, 3.8) is 0 Å². The van der Waals surface area contributed by atoms with Crippen LogP contribution in [0, 0.1) is 0 Å². The summed E-state index contributed by atoms with van der Waals surface area (Å²) in [6, 6.07) is 8.37. The van der Waals surface area contributed by atoms with Gasteiger partial charge >= 0.3 is 0 Å². The summed E-state index contributed by atoms with van der Waals surface area (Å²) in [5, 5.41) is 0. The number of anilines is 1. The Morgan fingerprint density at radius 1 is 1.14 bits per heavy atom. The van der Waals surface area contributed by atoms with Gasteiger partial charge < -0.3 is 14.4 Å². The number of hydrogen-bond acceptors (Lipinski definition) is 7. The molecule has 0 spiro atoms. The first-order valence-electron chi connectivity index (χ1n) is 9.39. The maximum Gasteiger partial charge on any atom is 0.247 e. The van der Waals surface area contributed by atoms with E-state index in [4.69, 9.17) is 9.47 Å². The van der Waals surface area contributed by atoms with Crippen molar-refractivity contribution in [2.45, 2.75) is 29.9 Å². The van der Waals surface area contributed by atoms with Gasteiger partial charge in [-0.3, -0.25) is 0 Å². The molecule has 1 fully saturated rings. The number of hydrogen-bond donors (Lipinski definition) is 0. The standard InChI is InChI=1S/C19H24N4O4S/c1-26-14-13-23-15-7-11-22(19-20-9-4-10-21-19)12-8-16(15)27-17-5-2-3-6-18(17)28(23,24)25/h2-6,9-10,15-16H,7-8,11-14H2,1H3/t15-,16+/m1/s1. The molecule has 0 aliphatic carbocycles. The van der Waals surface area contributed by atoms with Crippen LogP contribution in [0.2, 0.25) is 0 Å². The van der Waals surface area contributed by atoms with Crippen molar-refractivity contribution in [3.05, 3.63) is 42.7 Å². The van der Waals surface area contributed by atoms with E-state index in [1.165, 1.54) is 0 Å². The highest BCUT2D eigenvalue weighted by atomic mass is 32.2. The van der Waals surface area contributed by atoms with Crippen LogP contribution < -0.4 is 9.64 Å². The van der Waals surface area contributed by atoms with Crippen molar-refractivity contribution in [1.29, 1.82) is 0 Å². The monoisotopic (exact) mass is 404 g/mol. The summed E-state index contributed by atoms with van der Waals surface area (Å²) < 4.78 is 39.8. The predicted molar refractivity (Wildman–Crippen MR) is 104 cm³/mol. The minimum Gasteiger partial charge on any atom is -0.487 e. The predicted octanol–water partition coefficient (Wildman–Crippen LogP) is 1.54. The largest absolute Gasteiger partial charge is 0.487 e. The van der Waals surface area contributed by atoms with Crippen molar-refractivity contribution < 1.29 is 17.9 Å². The van der Waals surface area contributed by atoms with Crippen LogP contribution in [0.4, 0.5) is 5.95 Å². The highest BCUT2D eigenvalue weighted by Gasteiger charge is 2.43. The van der Waals surface area contributed by atoms with Crippen LogP contribution in [0.3, 0.4) is 0 Å². The molecule has 0 radical (unpaired) electrons. The number of nitrogens with zero attached hydrogens (tertiary/aromatic N) is 4. The number of sulfonamides is 1. The lowest BCUT2D eigenvalue weighted by molar-refractivity contribution is 0.0960. The molecule has 8 nitrogen and oxygen atoms in total. The smallest absolute Gasteiger partial charge is 0.247 e. The minimum atomic E-state index is -3.68. The number of fused-ring (bicyclic) bond motifs is 2. The third-order valence-corrected chi connectivity index (χ3v) is 7.21. The van der Waals surface area contributed by atoms with Crippen molar-refractivity contribution in [1.82, 2.24) is 14.3 Å². The number of ether oxygens (including phenoxy) is 2. The second-order valence-corrected chi connectivity index (χ2v) is 8.75. The normalized spacial score (nSPS) is 24.4. The highest BCUT2D eigenvalue weighted by molar-refractivity contribution is 7.89. The topological polar surface area (TPSA) is 84.9 Å². The first kappa shape index (κ1) is 19.1. The molecule has 1 saturated heterocycles. The Hall–Kier alpha value is -2.23. The lowest BCUT2D eigenvalue weighted by Gasteiger charge is -2.31. The van der Waals surface area contributed by atoms with Gasteiger partial charge in [-0.25, -0.2) is 18.4 Å². The van der Waals surface area contributed by atoms with Gasteiger partial charge in [0, 0.05) is 45.6 Å². The molecule has 0 saturated carbocycles. The van der Waals surface area contributed by atoms with E-state index >= 15 is 0 Å². The van der Waals surface area contributed by atoms with Crippen LogP contribution in [0.5, 0.6) is 5.75 Å². The Morgan fingerprint density at radius 2 is 1.89 bits per heavy atom. The Kier molecular flexibility index (Phi) is 5.47. The van der Waals surface area contributed by atoms with Gasteiger partial charge in [-0.05, 0) is 24.6 Å². The van der Waals surface area contributed by atoms with E-state index in [9.17, 15) is 8.42 Å². The van der Waals surface area contributed by atoms with Crippen LogP contribution in [0.15, 0.2) is 47.6 Å². The number of para-hydroxylation sites is 1. The van der Waals surface area contributed by atoms with Gasteiger partial charge in [0.2, 0.25) is 16.0 Å². The molecule has 0 amide bonds. The Balaban J connectivity index is 1.69. The van der Waals surface area contributed by atoms with Crippen LogP contribution in [-0.4, -0.2) is 68.2 Å². The molecule has 0 bridgehead atoms. The molecule has 2 aliphatic rings. The van der Waals surface area contributed by atoms with E-state index in [1.54, 1.807) is 54.1 Å². The molecule has 0 unspecified atom stereocenters. The second-order valence-electron chi connectivity index (χ2n) is 6.89.